The van der Waals surface area contributed by atoms with E-state index in [4.69, 9.17) is 6.42 Å². The Balaban J connectivity index is 2.29. The second-order valence-corrected chi connectivity index (χ2v) is 4.97. The fourth-order valence-corrected chi connectivity index (χ4v) is 2.46. The molecule has 1 aromatic heterocycles. The first-order valence-electron chi connectivity index (χ1n) is 6.91. The molecule has 3 nitrogen and oxygen atoms in total. The molecule has 0 fully saturated rings. The van der Waals surface area contributed by atoms with Gasteiger partial charge in [0.25, 0.3) is 0 Å². The van der Waals surface area contributed by atoms with Gasteiger partial charge in [-0.15, -0.1) is 12.3 Å². The molecule has 0 aliphatic heterocycles. The number of fused-ring (bicyclic) bond motifs is 1. The summed E-state index contributed by atoms with van der Waals surface area (Å²) in [6.07, 6.45) is 11.4. The first-order valence-corrected chi connectivity index (χ1v) is 6.91. The quantitative estimate of drug-likeness (QED) is 0.839. The van der Waals surface area contributed by atoms with Crippen LogP contribution in [0.5, 0.6) is 0 Å². The van der Waals surface area contributed by atoms with Gasteiger partial charge in [0.15, 0.2) is 0 Å². The molecule has 1 aromatic rings. The highest BCUT2D eigenvalue weighted by atomic mass is 15.0. The van der Waals surface area contributed by atoms with Gasteiger partial charge < -0.3 is 5.32 Å². The van der Waals surface area contributed by atoms with E-state index in [0.29, 0.717) is 17.8 Å². The predicted octanol–water partition coefficient (Wildman–Crippen LogP) is 3.05. The standard InChI is InChI=1S/C16H19N3/c1-3-7-14(4-2)18-16-13(11-17)10-12-8-5-6-9-15(12)19-16/h1,10,14H,4-9H2,2H3,(H,18,19). The van der Waals surface area contributed by atoms with Gasteiger partial charge in [-0.1, -0.05) is 6.92 Å². The largest absolute Gasteiger partial charge is 0.365 e. The van der Waals surface area contributed by atoms with Gasteiger partial charge in [0.05, 0.1) is 5.56 Å². The molecule has 19 heavy (non-hydrogen) atoms. The molecule has 1 N–H and O–H groups in total. The molecule has 1 atom stereocenters. The molecule has 0 bridgehead atoms. The van der Waals surface area contributed by atoms with E-state index < -0.39 is 0 Å². The van der Waals surface area contributed by atoms with Crippen molar-refractivity contribution in [1.82, 2.24) is 4.98 Å². The topological polar surface area (TPSA) is 48.7 Å². The molecule has 1 unspecified atom stereocenters. The minimum absolute atomic E-state index is 0.186. The summed E-state index contributed by atoms with van der Waals surface area (Å²) < 4.78 is 0. The van der Waals surface area contributed by atoms with Crippen LogP contribution in [0.3, 0.4) is 0 Å². The third-order valence-corrected chi connectivity index (χ3v) is 3.62. The molecule has 1 aliphatic rings. The van der Waals surface area contributed by atoms with Gasteiger partial charge in [0, 0.05) is 18.2 Å². The third-order valence-electron chi connectivity index (χ3n) is 3.62. The molecule has 0 amide bonds. The molecule has 1 aliphatic carbocycles. The van der Waals surface area contributed by atoms with Gasteiger partial charge in [-0.05, 0) is 43.7 Å². The minimum Gasteiger partial charge on any atom is -0.365 e. The lowest BCUT2D eigenvalue weighted by Crippen LogP contribution is -2.20. The van der Waals surface area contributed by atoms with Crippen LogP contribution >= 0.6 is 0 Å². The molecule has 0 radical (unpaired) electrons. The van der Waals surface area contributed by atoms with Gasteiger partial charge in [0.1, 0.15) is 11.9 Å². The van der Waals surface area contributed by atoms with Crippen molar-refractivity contribution in [1.29, 1.82) is 5.26 Å². The average molecular weight is 253 g/mol. The lowest BCUT2D eigenvalue weighted by Gasteiger charge is -2.20. The number of nitrogens with zero attached hydrogens (tertiary/aromatic N) is 2. The lowest BCUT2D eigenvalue weighted by molar-refractivity contribution is 0.663. The van der Waals surface area contributed by atoms with Gasteiger partial charge in [-0.3, -0.25) is 0 Å². The lowest BCUT2D eigenvalue weighted by atomic mass is 9.95. The maximum atomic E-state index is 9.27. The second-order valence-electron chi connectivity index (χ2n) is 4.97. The molecule has 0 saturated heterocycles. The molecule has 0 aromatic carbocycles. The predicted molar refractivity (Wildman–Crippen MR) is 76.7 cm³/mol. The number of aryl methyl sites for hydroxylation is 2. The van der Waals surface area contributed by atoms with Gasteiger partial charge >= 0.3 is 0 Å². The van der Waals surface area contributed by atoms with Crippen LogP contribution in [0, 0.1) is 23.7 Å². The van der Waals surface area contributed by atoms with Gasteiger partial charge in [-0.2, -0.15) is 5.26 Å². The molecule has 0 saturated carbocycles. The smallest absolute Gasteiger partial charge is 0.144 e. The number of hydrogen-bond donors (Lipinski definition) is 1. The Morgan fingerprint density at radius 3 is 2.95 bits per heavy atom. The van der Waals surface area contributed by atoms with E-state index in [2.05, 4.69) is 29.2 Å². The van der Waals surface area contributed by atoms with Crippen LogP contribution < -0.4 is 5.32 Å². The Kier molecular flexibility index (Phi) is 4.42. The third kappa shape index (κ3) is 3.06. The summed E-state index contributed by atoms with van der Waals surface area (Å²) in [5.41, 5.74) is 3.01. The molecule has 2 rings (SSSR count). The van der Waals surface area contributed by atoms with Crippen LogP contribution in [-0.4, -0.2) is 11.0 Å². The number of nitrogens with one attached hydrogen (secondary N) is 1. The summed E-state index contributed by atoms with van der Waals surface area (Å²) in [6.45, 7) is 2.08. The van der Waals surface area contributed by atoms with Crippen molar-refractivity contribution < 1.29 is 0 Å². The average Bonchev–Trinajstić information content (AvgIpc) is 2.46. The second kappa shape index (κ2) is 6.25. The Labute approximate surface area is 115 Å². The maximum Gasteiger partial charge on any atom is 0.144 e. The van der Waals surface area contributed by atoms with Crippen molar-refractivity contribution in [2.75, 3.05) is 5.32 Å². The van der Waals surface area contributed by atoms with Crippen molar-refractivity contribution >= 4 is 5.82 Å². The Hall–Kier alpha value is -2.00. The zero-order valence-electron chi connectivity index (χ0n) is 11.4. The van der Waals surface area contributed by atoms with Gasteiger partial charge in [0.2, 0.25) is 0 Å². The first kappa shape index (κ1) is 13.4. The summed E-state index contributed by atoms with van der Waals surface area (Å²) in [4.78, 5) is 4.65. The zero-order chi connectivity index (χ0) is 13.7. The van der Waals surface area contributed by atoms with E-state index >= 15 is 0 Å². The monoisotopic (exact) mass is 253 g/mol. The number of pyridine rings is 1. The molecule has 1 heterocycles. The highest BCUT2D eigenvalue weighted by Gasteiger charge is 2.16. The van der Waals surface area contributed by atoms with Crippen molar-refractivity contribution in [3.8, 4) is 18.4 Å². The van der Waals surface area contributed by atoms with E-state index in [-0.39, 0.29) is 6.04 Å². The van der Waals surface area contributed by atoms with E-state index in [9.17, 15) is 5.26 Å². The zero-order valence-corrected chi connectivity index (χ0v) is 11.4. The number of rotatable bonds is 4. The summed E-state index contributed by atoms with van der Waals surface area (Å²) in [7, 11) is 0. The van der Waals surface area contributed by atoms with E-state index in [1.807, 2.05) is 6.07 Å². The highest BCUT2D eigenvalue weighted by molar-refractivity contribution is 5.55. The van der Waals surface area contributed by atoms with Crippen molar-refractivity contribution in [3.05, 3.63) is 22.9 Å². The maximum absolute atomic E-state index is 9.27. The Morgan fingerprint density at radius 1 is 1.47 bits per heavy atom. The SMILES string of the molecule is C#CCC(CC)Nc1nc2c(cc1C#N)CCCC2. The number of aromatic nitrogens is 1. The van der Waals surface area contributed by atoms with Crippen molar-refractivity contribution in [3.63, 3.8) is 0 Å². The van der Waals surface area contributed by atoms with Crippen LogP contribution in [0.15, 0.2) is 6.07 Å². The molecular weight excluding hydrogens is 234 g/mol. The first-order chi connectivity index (χ1) is 9.28. The summed E-state index contributed by atoms with van der Waals surface area (Å²) in [5.74, 6) is 3.36. The Bertz CT molecular complexity index is 534. The Morgan fingerprint density at radius 2 is 2.26 bits per heavy atom. The number of hydrogen-bond acceptors (Lipinski definition) is 3. The number of anilines is 1. The number of terminal acetylenes is 1. The van der Waals surface area contributed by atoms with Crippen LogP contribution in [0.2, 0.25) is 0 Å². The summed E-state index contributed by atoms with van der Waals surface area (Å²) in [6, 6.07) is 4.42. The molecule has 3 heteroatoms. The fraction of sp³-hybridized carbons (Fsp3) is 0.500. The summed E-state index contributed by atoms with van der Waals surface area (Å²) >= 11 is 0. The van der Waals surface area contributed by atoms with Crippen LogP contribution in [0.1, 0.15) is 49.4 Å². The fourth-order valence-electron chi connectivity index (χ4n) is 2.46. The van der Waals surface area contributed by atoms with Crippen molar-refractivity contribution in [2.24, 2.45) is 0 Å². The molecular formula is C16H19N3. The van der Waals surface area contributed by atoms with Crippen molar-refractivity contribution in [2.45, 2.75) is 51.5 Å². The molecule has 98 valence electrons. The summed E-state index contributed by atoms with van der Waals surface area (Å²) in [5, 5.41) is 12.6. The highest BCUT2D eigenvalue weighted by Crippen LogP contribution is 2.25. The van der Waals surface area contributed by atoms with Crippen LogP contribution in [0.25, 0.3) is 0 Å². The van der Waals surface area contributed by atoms with E-state index in [0.717, 1.165) is 25.0 Å². The normalized spacial score (nSPS) is 14.9. The molecule has 0 spiro atoms. The number of nitriles is 1. The minimum atomic E-state index is 0.186. The van der Waals surface area contributed by atoms with E-state index in [1.54, 1.807) is 0 Å². The van der Waals surface area contributed by atoms with Gasteiger partial charge in [-0.25, -0.2) is 4.98 Å². The van der Waals surface area contributed by atoms with Crippen LogP contribution in [-0.2, 0) is 12.8 Å². The van der Waals surface area contributed by atoms with Crippen LogP contribution in [0.4, 0.5) is 5.82 Å². The van der Waals surface area contributed by atoms with E-state index in [1.165, 1.54) is 18.4 Å².